The Hall–Kier alpha value is -1.57. The van der Waals surface area contributed by atoms with Gasteiger partial charge in [-0.05, 0) is 17.7 Å². The smallest absolute Gasteiger partial charge is 0.387 e. The van der Waals surface area contributed by atoms with Crippen LogP contribution in [-0.4, -0.2) is 23.1 Å². The summed E-state index contributed by atoms with van der Waals surface area (Å²) in [6.45, 7) is -2.83. The molecule has 3 aromatic rings. The number of thioether (sulfide) groups is 2. The van der Waals surface area contributed by atoms with Crippen LogP contribution >= 0.6 is 34.9 Å². The molecule has 1 saturated heterocycles. The van der Waals surface area contributed by atoms with Gasteiger partial charge in [0.1, 0.15) is 10.8 Å². The molecular weight excluding hydrogens is 392 g/mol. The van der Waals surface area contributed by atoms with Crippen LogP contribution in [0, 0.1) is 0 Å². The molecule has 0 bridgehead atoms. The van der Waals surface area contributed by atoms with Gasteiger partial charge in [-0.3, -0.25) is 0 Å². The van der Waals surface area contributed by atoms with Crippen molar-refractivity contribution in [1.29, 1.82) is 0 Å². The molecule has 2 nitrogen and oxygen atoms in total. The Labute approximate surface area is 163 Å². The van der Waals surface area contributed by atoms with Crippen molar-refractivity contribution >= 4 is 34.9 Å². The summed E-state index contributed by atoms with van der Waals surface area (Å²) in [7, 11) is 0. The van der Waals surface area contributed by atoms with Crippen LogP contribution in [0.15, 0.2) is 53.9 Å². The predicted octanol–water partition coefficient (Wildman–Crippen LogP) is 6.56. The van der Waals surface area contributed by atoms with Crippen LogP contribution in [0.3, 0.4) is 0 Å². The van der Waals surface area contributed by atoms with Gasteiger partial charge >= 0.3 is 6.61 Å². The number of thiazole rings is 1. The molecule has 2 heterocycles. The minimum atomic E-state index is -2.83. The standard InChI is InChI=1S/C19H15F2NOS3/c20-19(21)23-15-3-1-2-14(10-15)16-11-26-17(22-16)12-4-6-13(7-5-12)18-24-8-9-25-18/h1-7,10-11,18-19H,8-9H2. The van der Waals surface area contributed by atoms with Gasteiger partial charge < -0.3 is 4.74 Å². The average Bonchev–Trinajstić information content (AvgIpc) is 3.34. The summed E-state index contributed by atoms with van der Waals surface area (Å²) in [5, 5.41) is 2.85. The summed E-state index contributed by atoms with van der Waals surface area (Å²) in [6.07, 6.45) is 0. The normalized spacial score (nSPS) is 14.9. The first-order valence-electron chi connectivity index (χ1n) is 8.03. The van der Waals surface area contributed by atoms with E-state index in [0.717, 1.165) is 21.8 Å². The summed E-state index contributed by atoms with van der Waals surface area (Å²) in [5.41, 5.74) is 3.93. The minimum absolute atomic E-state index is 0.142. The molecule has 1 fully saturated rings. The number of alkyl halides is 2. The van der Waals surface area contributed by atoms with Crippen molar-refractivity contribution in [1.82, 2.24) is 4.98 Å². The molecule has 1 aliphatic rings. The number of aromatic nitrogens is 1. The molecule has 1 aliphatic heterocycles. The van der Waals surface area contributed by atoms with E-state index in [0.29, 0.717) is 4.58 Å². The van der Waals surface area contributed by atoms with Gasteiger partial charge in [-0.15, -0.1) is 34.9 Å². The van der Waals surface area contributed by atoms with E-state index in [2.05, 4.69) is 34.0 Å². The fourth-order valence-electron chi connectivity index (χ4n) is 2.70. The maximum Gasteiger partial charge on any atom is 0.387 e. The van der Waals surface area contributed by atoms with Gasteiger partial charge in [0.25, 0.3) is 0 Å². The molecule has 7 heteroatoms. The van der Waals surface area contributed by atoms with Crippen LogP contribution in [0.5, 0.6) is 5.75 Å². The fourth-order valence-corrected chi connectivity index (χ4v) is 6.40. The highest BCUT2D eigenvalue weighted by Gasteiger charge is 2.18. The Morgan fingerprint density at radius 2 is 1.77 bits per heavy atom. The van der Waals surface area contributed by atoms with Crippen LogP contribution in [-0.2, 0) is 0 Å². The monoisotopic (exact) mass is 407 g/mol. The van der Waals surface area contributed by atoms with Crippen LogP contribution in [0.25, 0.3) is 21.8 Å². The average molecular weight is 408 g/mol. The van der Waals surface area contributed by atoms with E-state index in [1.807, 2.05) is 35.0 Å². The first-order valence-corrected chi connectivity index (χ1v) is 11.0. The molecule has 0 atom stereocenters. The molecule has 0 saturated carbocycles. The largest absolute Gasteiger partial charge is 0.435 e. The lowest BCUT2D eigenvalue weighted by atomic mass is 10.1. The van der Waals surface area contributed by atoms with E-state index in [9.17, 15) is 8.78 Å². The lowest BCUT2D eigenvalue weighted by Gasteiger charge is -2.08. The zero-order chi connectivity index (χ0) is 17.9. The number of hydrogen-bond donors (Lipinski definition) is 0. The Morgan fingerprint density at radius 1 is 1.00 bits per heavy atom. The zero-order valence-corrected chi connectivity index (χ0v) is 16.1. The number of ether oxygens (including phenoxy) is 1. The van der Waals surface area contributed by atoms with Gasteiger partial charge in [-0.1, -0.05) is 36.4 Å². The lowest BCUT2D eigenvalue weighted by Crippen LogP contribution is -2.01. The molecule has 4 rings (SSSR count). The second kappa shape index (κ2) is 7.98. The van der Waals surface area contributed by atoms with Crippen LogP contribution in [0.2, 0.25) is 0 Å². The van der Waals surface area contributed by atoms with E-state index in [1.165, 1.54) is 23.1 Å². The topological polar surface area (TPSA) is 22.1 Å². The van der Waals surface area contributed by atoms with Crippen molar-refractivity contribution in [2.45, 2.75) is 11.2 Å². The second-order valence-electron chi connectivity index (χ2n) is 5.64. The SMILES string of the molecule is FC(F)Oc1cccc(-c2csc(-c3ccc(C4SCCS4)cc3)n2)c1. The fraction of sp³-hybridized carbons (Fsp3) is 0.211. The summed E-state index contributed by atoms with van der Waals surface area (Å²) in [6, 6.07) is 15.2. The van der Waals surface area contributed by atoms with Gasteiger partial charge in [0, 0.05) is 28.0 Å². The molecule has 0 N–H and O–H groups in total. The Kier molecular flexibility index (Phi) is 5.47. The maximum absolute atomic E-state index is 12.4. The molecule has 0 aliphatic carbocycles. The van der Waals surface area contributed by atoms with Gasteiger partial charge in [0.15, 0.2) is 0 Å². The molecule has 1 aromatic heterocycles. The summed E-state index contributed by atoms with van der Waals surface area (Å²) >= 11 is 5.52. The minimum Gasteiger partial charge on any atom is -0.435 e. The van der Waals surface area contributed by atoms with Gasteiger partial charge in [0.2, 0.25) is 0 Å². The number of rotatable bonds is 5. The molecule has 0 unspecified atom stereocenters. The van der Waals surface area contributed by atoms with Crippen molar-refractivity contribution in [2.75, 3.05) is 11.5 Å². The number of halogens is 2. The Bertz CT molecular complexity index is 877. The van der Waals surface area contributed by atoms with Crippen LogP contribution < -0.4 is 4.74 Å². The molecule has 134 valence electrons. The van der Waals surface area contributed by atoms with Crippen molar-refractivity contribution in [3.8, 4) is 27.6 Å². The summed E-state index contributed by atoms with van der Waals surface area (Å²) in [4.78, 5) is 4.66. The lowest BCUT2D eigenvalue weighted by molar-refractivity contribution is -0.0498. The molecule has 2 aromatic carbocycles. The Morgan fingerprint density at radius 3 is 2.50 bits per heavy atom. The van der Waals surface area contributed by atoms with E-state index < -0.39 is 6.61 Å². The van der Waals surface area contributed by atoms with Gasteiger partial charge in [-0.2, -0.15) is 8.78 Å². The first-order chi connectivity index (χ1) is 12.7. The van der Waals surface area contributed by atoms with Crippen molar-refractivity contribution in [3.63, 3.8) is 0 Å². The van der Waals surface area contributed by atoms with Crippen LogP contribution in [0.1, 0.15) is 10.1 Å². The predicted molar refractivity (Wildman–Crippen MR) is 107 cm³/mol. The highest BCUT2D eigenvalue weighted by molar-refractivity contribution is 8.19. The third-order valence-corrected chi connectivity index (χ3v) is 7.91. The van der Waals surface area contributed by atoms with Crippen LogP contribution in [0.4, 0.5) is 8.78 Å². The van der Waals surface area contributed by atoms with Gasteiger partial charge in [-0.25, -0.2) is 4.98 Å². The third-order valence-electron chi connectivity index (χ3n) is 3.91. The summed E-state index contributed by atoms with van der Waals surface area (Å²) < 4.78 is 29.8. The molecule has 26 heavy (non-hydrogen) atoms. The van der Waals surface area contributed by atoms with Crippen molar-refractivity contribution in [3.05, 3.63) is 59.5 Å². The first kappa shape index (κ1) is 17.8. The maximum atomic E-state index is 12.4. The highest BCUT2D eigenvalue weighted by Crippen LogP contribution is 2.45. The number of benzene rings is 2. The second-order valence-corrected chi connectivity index (χ2v) is 9.22. The van der Waals surface area contributed by atoms with E-state index in [-0.39, 0.29) is 5.75 Å². The molecule has 0 spiro atoms. The Balaban J connectivity index is 1.54. The molecule has 0 amide bonds. The summed E-state index contributed by atoms with van der Waals surface area (Å²) in [5.74, 6) is 2.56. The molecule has 0 radical (unpaired) electrons. The van der Waals surface area contributed by atoms with Crippen molar-refractivity contribution < 1.29 is 13.5 Å². The van der Waals surface area contributed by atoms with Crippen molar-refractivity contribution in [2.24, 2.45) is 0 Å². The quantitative estimate of drug-likeness (QED) is 0.478. The number of nitrogens with zero attached hydrogens (tertiary/aromatic N) is 1. The van der Waals surface area contributed by atoms with E-state index in [4.69, 9.17) is 0 Å². The van der Waals surface area contributed by atoms with E-state index in [1.54, 1.807) is 23.5 Å². The van der Waals surface area contributed by atoms with E-state index >= 15 is 0 Å². The zero-order valence-electron chi connectivity index (χ0n) is 13.6. The van der Waals surface area contributed by atoms with Gasteiger partial charge in [0.05, 0.1) is 10.3 Å². The highest BCUT2D eigenvalue weighted by atomic mass is 32.2. The molecular formula is C19H15F2NOS3. The number of hydrogen-bond acceptors (Lipinski definition) is 5. The third kappa shape index (κ3) is 4.05.